The lowest BCUT2D eigenvalue weighted by Gasteiger charge is -2.42. The van der Waals surface area contributed by atoms with Crippen molar-refractivity contribution in [3.8, 4) is 0 Å². The molecule has 0 saturated carbocycles. The molecule has 1 atom stereocenters. The van der Waals surface area contributed by atoms with Gasteiger partial charge in [-0.05, 0) is 33.6 Å². The molecule has 0 aliphatic carbocycles. The summed E-state index contributed by atoms with van der Waals surface area (Å²) in [5.41, 5.74) is -1.40. The van der Waals surface area contributed by atoms with Gasteiger partial charge in [0.15, 0.2) is 0 Å². The zero-order valence-electron chi connectivity index (χ0n) is 13.1. The van der Waals surface area contributed by atoms with Crippen molar-refractivity contribution in [3.63, 3.8) is 0 Å². The molecule has 0 spiro atoms. The maximum absolute atomic E-state index is 12.3. The van der Waals surface area contributed by atoms with Gasteiger partial charge in [0.05, 0.1) is 25.2 Å². The summed E-state index contributed by atoms with van der Waals surface area (Å²) in [6.07, 6.45) is -4.43. The Morgan fingerprint density at radius 2 is 1.95 bits per heavy atom. The van der Waals surface area contributed by atoms with Crippen LogP contribution in [0, 0.1) is 0 Å². The summed E-state index contributed by atoms with van der Waals surface area (Å²) in [6.45, 7) is 5.65. The highest BCUT2D eigenvalue weighted by atomic mass is 79.9. The molecule has 1 aliphatic rings. The molecule has 8 heteroatoms. The van der Waals surface area contributed by atoms with Gasteiger partial charge in [0.25, 0.3) is 0 Å². The molecule has 22 heavy (non-hydrogen) atoms. The average Bonchev–Trinajstić information content (AvgIpc) is 2.35. The van der Waals surface area contributed by atoms with Gasteiger partial charge in [0, 0.05) is 11.9 Å². The predicted octanol–water partition coefficient (Wildman–Crippen LogP) is 4.12. The molecule has 4 nitrogen and oxygen atoms in total. The molecule has 1 unspecified atom stereocenters. The highest BCUT2D eigenvalue weighted by Crippen LogP contribution is 2.30. The third-order valence-corrected chi connectivity index (χ3v) is 4.25. The molecule has 0 aromatic carbocycles. The van der Waals surface area contributed by atoms with Gasteiger partial charge in [0.2, 0.25) is 0 Å². The van der Waals surface area contributed by atoms with Crippen LogP contribution in [-0.4, -0.2) is 53.4 Å². The number of hydrogen-bond donors (Lipinski definition) is 0. The summed E-state index contributed by atoms with van der Waals surface area (Å²) in [5.74, 6) is 0. The Morgan fingerprint density at radius 3 is 2.45 bits per heavy atom. The number of hydrogen-bond acceptors (Lipinski definition) is 3. The molecule has 1 heterocycles. The zero-order chi connectivity index (χ0) is 17.0. The third-order valence-electron chi connectivity index (χ3n) is 3.23. The van der Waals surface area contributed by atoms with Crippen molar-refractivity contribution < 1.29 is 27.4 Å². The Bertz CT molecular complexity index is 385. The maximum Gasteiger partial charge on any atom is 0.410 e. The minimum atomic E-state index is -4.24. The zero-order valence-corrected chi connectivity index (χ0v) is 14.7. The number of rotatable bonds is 4. The number of carbonyl (C=O) groups is 1. The average molecular weight is 390 g/mol. The fraction of sp³-hybridized carbons (Fsp3) is 0.929. The first-order valence-corrected chi connectivity index (χ1v) is 8.33. The molecule has 0 radical (unpaired) electrons. The molecular formula is C14H23BrF3NO3. The number of likely N-dealkylation sites (tertiary alicyclic amines) is 1. The van der Waals surface area contributed by atoms with E-state index in [0.29, 0.717) is 24.7 Å². The fourth-order valence-corrected chi connectivity index (χ4v) is 2.85. The fourth-order valence-electron chi connectivity index (χ4n) is 2.23. The molecule has 1 saturated heterocycles. The molecule has 1 amide bonds. The Morgan fingerprint density at radius 1 is 1.32 bits per heavy atom. The second-order valence-corrected chi connectivity index (χ2v) is 7.10. The van der Waals surface area contributed by atoms with Crippen LogP contribution < -0.4 is 0 Å². The lowest BCUT2D eigenvalue weighted by molar-refractivity contribution is -0.161. The molecule has 1 rings (SSSR count). The first-order valence-electron chi connectivity index (χ1n) is 7.21. The van der Waals surface area contributed by atoms with Crippen molar-refractivity contribution in [1.82, 2.24) is 4.90 Å². The highest BCUT2D eigenvalue weighted by molar-refractivity contribution is 9.09. The number of amides is 1. The lowest BCUT2D eigenvalue weighted by Crippen LogP contribution is -2.54. The van der Waals surface area contributed by atoms with Crippen LogP contribution in [0.3, 0.4) is 0 Å². The quantitative estimate of drug-likeness (QED) is 0.678. The standard InChI is InChI=1S/C14H23BrF3NO3/c1-12(2,3)22-11(20)19-7-4-5-13(9-15,10-19)21-8-6-14(16,17)18/h4-10H2,1-3H3. The van der Waals surface area contributed by atoms with Crippen molar-refractivity contribution >= 4 is 22.0 Å². The number of alkyl halides is 4. The van der Waals surface area contributed by atoms with E-state index in [9.17, 15) is 18.0 Å². The van der Waals surface area contributed by atoms with E-state index in [1.54, 1.807) is 20.8 Å². The van der Waals surface area contributed by atoms with E-state index in [4.69, 9.17) is 9.47 Å². The van der Waals surface area contributed by atoms with Crippen LogP contribution in [0.5, 0.6) is 0 Å². The first-order chi connectivity index (χ1) is 9.96. The monoisotopic (exact) mass is 389 g/mol. The minimum absolute atomic E-state index is 0.227. The summed E-state index contributed by atoms with van der Waals surface area (Å²) >= 11 is 3.30. The smallest absolute Gasteiger partial charge is 0.410 e. The molecule has 130 valence electrons. The number of carbonyl (C=O) groups excluding carboxylic acids is 1. The molecule has 0 N–H and O–H groups in total. The van der Waals surface area contributed by atoms with Crippen molar-refractivity contribution in [1.29, 1.82) is 0 Å². The van der Waals surface area contributed by atoms with Crippen LogP contribution in [0.4, 0.5) is 18.0 Å². The van der Waals surface area contributed by atoms with E-state index >= 15 is 0 Å². The lowest BCUT2D eigenvalue weighted by atomic mass is 9.95. The number of halogens is 4. The second-order valence-electron chi connectivity index (χ2n) is 6.54. The van der Waals surface area contributed by atoms with E-state index in [1.165, 1.54) is 4.90 Å². The van der Waals surface area contributed by atoms with E-state index in [2.05, 4.69) is 15.9 Å². The van der Waals surface area contributed by atoms with Crippen LogP contribution in [0.25, 0.3) is 0 Å². The van der Waals surface area contributed by atoms with Gasteiger partial charge < -0.3 is 14.4 Å². The van der Waals surface area contributed by atoms with Crippen LogP contribution in [0.15, 0.2) is 0 Å². The predicted molar refractivity (Wildman–Crippen MR) is 80.2 cm³/mol. The van der Waals surface area contributed by atoms with E-state index < -0.39 is 36.5 Å². The van der Waals surface area contributed by atoms with Gasteiger partial charge in [-0.25, -0.2) is 4.79 Å². The van der Waals surface area contributed by atoms with Gasteiger partial charge in [-0.3, -0.25) is 0 Å². The van der Waals surface area contributed by atoms with Gasteiger partial charge in [-0.2, -0.15) is 13.2 Å². The molecule has 0 aromatic rings. The van der Waals surface area contributed by atoms with Crippen molar-refractivity contribution in [3.05, 3.63) is 0 Å². The highest BCUT2D eigenvalue weighted by Gasteiger charge is 2.39. The summed E-state index contributed by atoms with van der Waals surface area (Å²) in [4.78, 5) is 13.6. The molecule has 1 fully saturated rings. The van der Waals surface area contributed by atoms with E-state index in [1.807, 2.05) is 0 Å². The number of piperidine rings is 1. The second kappa shape index (κ2) is 7.38. The van der Waals surface area contributed by atoms with Crippen molar-refractivity contribution in [2.45, 2.75) is 57.4 Å². The number of ether oxygens (including phenoxy) is 2. The Labute approximate surface area is 137 Å². The van der Waals surface area contributed by atoms with Gasteiger partial charge in [-0.15, -0.1) is 0 Å². The Hall–Kier alpha value is -0.500. The minimum Gasteiger partial charge on any atom is -0.444 e. The summed E-state index contributed by atoms with van der Waals surface area (Å²) < 4.78 is 47.6. The van der Waals surface area contributed by atoms with E-state index in [0.717, 1.165) is 0 Å². The summed E-state index contributed by atoms with van der Waals surface area (Å²) in [7, 11) is 0. The molecular weight excluding hydrogens is 367 g/mol. The van der Waals surface area contributed by atoms with Crippen molar-refractivity contribution in [2.24, 2.45) is 0 Å². The third kappa shape index (κ3) is 6.73. The normalized spacial score (nSPS) is 23.5. The largest absolute Gasteiger partial charge is 0.444 e. The van der Waals surface area contributed by atoms with Crippen LogP contribution >= 0.6 is 15.9 Å². The maximum atomic E-state index is 12.3. The molecule has 0 aromatic heterocycles. The Balaban J connectivity index is 2.62. The topological polar surface area (TPSA) is 38.8 Å². The number of nitrogens with zero attached hydrogens (tertiary/aromatic N) is 1. The van der Waals surface area contributed by atoms with Crippen LogP contribution in [0.1, 0.15) is 40.0 Å². The molecule has 1 aliphatic heterocycles. The van der Waals surface area contributed by atoms with Gasteiger partial charge in [0.1, 0.15) is 5.60 Å². The SMILES string of the molecule is CC(C)(C)OC(=O)N1CCCC(CBr)(OCCC(F)(F)F)C1. The molecule has 0 bridgehead atoms. The Kier molecular flexibility index (Phi) is 6.56. The van der Waals surface area contributed by atoms with Crippen molar-refractivity contribution in [2.75, 3.05) is 25.0 Å². The summed E-state index contributed by atoms with van der Waals surface area (Å²) in [5, 5.41) is 0.372. The first kappa shape index (κ1) is 19.5. The van der Waals surface area contributed by atoms with Gasteiger partial charge in [-0.1, -0.05) is 15.9 Å². The summed E-state index contributed by atoms with van der Waals surface area (Å²) in [6, 6.07) is 0. The van der Waals surface area contributed by atoms with E-state index in [-0.39, 0.29) is 6.54 Å². The van der Waals surface area contributed by atoms with Gasteiger partial charge >= 0.3 is 12.3 Å². The van der Waals surface area contributed by atoms with Crippen LogP contribution in [-0.2, 0) is 9.47 Å². The van der Waals surface area contributed by atoms with Crippen LogP contribution in [0.2, 0.25) is 0 Å².